The van der Waals surface area contributed by atoms with Crippen LogP contribution in [0.15, 0.2) is 61.2 Å². The highest BCUT2D eigenvalue weighted by atomic mass is 16.5. The monoisotopic (exact) mass is 338 g/mol. The number of para-hydroxylation sites is 2. The number of nitrogens with zero attached hydrogens (tertiary/aromatic N) is 2. The second-order valence-electron chi connectivity index (χ2n) is 5.89. The molecule has 1 aliphatic heterocycles. The van der Waals surface area contributed by atoms with Gasteiger partial charge in [0.2, 0.25) is 0 Å². The summed E-state index contributed by atoms with van der Waals surface area (Å²) in [4.78, 5) is 16.6. The van der Waals surface area contributed by atoms with Crippen LogP contribution in [0.1, 0.15) is 10.4 Å². The van der Waals surface area contributed by atoms with Gasteiger partial charge in [0.1, 0.15) is 18.1 Å². The predicted octanol–water partition coefficient (Wildman–Crippen LogP) is 2.92. The molecule has 1 aliphatic rings. The normalized spacial score (nSPS) is 14.2. The van der Waals surface area contributed by atoms with E-state index in [2.05, 4.69) is 11.5 Å². The topological polar surface area (TPSA) is 53.0 Å². The number of rotatable bonds is 5. The number of phenols is 1. The fraction of sp³-hybridized carbons (Fsp3) is 0.250. The number of aromatic hydroxyl groups is 1. The minimum Gasteiger partial charge on any atom is -0.506 e. The van der Waals surface area contributed by atoms with Crippen molar-refractivity contribution in [3.63, 3.8) is 0 Å². The van der Waals surface area contributed by atoms with Crippen molar-refractivity contribution in [1.82, 2.24) is 4.90 Å². The maximum Gasteiger partial charge on any atom is 0.253 e. The largest absolute Gasteiger partial charge is 0.506 e. The summed E-state index contributed by atoms with van der Waals surface area (Å²) in [6.45, 7) is 6.71. The van der Waals surface area contributed by atoms with Gasteiger partial charge in [-0.2, -0.15) is 0 Å². The zero-order valence-electron chi connectivity index (χ0n) is 14.1. The standard InChI is InChI=1S/C20H22N2O3/c1-2-15-25-17-9-7-16(8-10-17)20(24)22-13-11-21(12-14-22)18-5-3-4-6-19(18)23/h2-10,23H,1,11-15H2. The van der Waals surface area contributed by atoms with Gasteiger partial charge in [0.15, 0.2) is 0 Å². The van der Waals surface area contributed by atoms with Crippen LogP contribution in [-0.2, 0) is 0 Å². The number of carbonyl (C=O) groups excluding carboxylic acids is 1. The summed E-state index contributed by atoms with van der Waals surface area (Å²) in [6, 6.07) is 14.5. The van der Waals surface area contributed by atoms with E-state index in [4.69, 9.17) is 4.74 Å². The third-order valence-electron chi connectivity index (χ3n) is 4.26. The van der Waals surface area contributed by atoms with Crippen molar-refractivity contribution in [2.24, 2.45) is 0 Å². The number of benzene rings is 2. The number of amides is 1. The van der Waals surface area contributed by atoms with E-state index in [0.717, 1.165) is 11.4 Å². The van der Waals surface area contributed by atoms with Gasteiger partial charge >= 0.3 is 0 Å². The van der Waals surface area contributed by atoms with Gasteiger partial charge in [0, 0.05) is 31.7 Å². The van der Waals surface area contributed by atoms with Crippen LogP contribution in [0.2, 0.25) is 0 Å². The molecule has 1 amide bonds. The Labute approximate surface area is 147 Å². The molecule has 0 spiro atoms. The maximum atomic E-state index is 12.6. The van der Waals surface area contributed by atoms with Crippen LogP contribution in [0.3, 0.4) is 0 Å². The van der Waals surface area contributed by atoms with E-state index >= 15 is 0 Å². The highest BCUT2D eigenvalue weighted by Crippen LogP contribution is 2.27. The summed E-state index contributed by atoms with van der Waals surface area (Å²) in [5.41, 5.74) is 1.47. The second-order valence-corrected chi connectivity index (χ2v) is 5.89. The van der Waals surface area contributed by atoms with Crippen molar-refractivity contribution in [1.29, 1.82) is 0 Å². The highest BCUT2D eigenvalue weighted by Gasteiger charge is 2.23. The molecule has 0 saturated carbocycles. The van der Waals surface area contributed by atoms with Crippen molar-refractivity contribution in [2.45, 2.75) is 0 Å². The SMILES string of the molecule is C=CCOc1ccc(C(=O)N2CCN(c3ccccc3O)CC2)cc1. The van der Waals surface area contributed by atoms with Gasteiger partial charge in [-0.25, -0.2) is 0 Å². The minimum atomic E-state index is 0.0206. The molecular weight excluding hydrogens is 316 g/mol. The number of anilines is 1. The lowest BCUT2D eigenvalue weighted by molar-refractivity contribution is 0.0746. The molecule has 3 rings (SSSR count). The van der Waals surface area contributed by atoms with E-state index in [1.807, 2.05) is 17.0 Å². The molecule has 1 saturated heterocycles. The van der Waals surface area contributed by atoms with Gasteiger partial charge < -0.3 is 19.6 Å². The summed E-state index contributed by atoms with van der Waals surface area (Å²) in [6.07, 6.45) is 1.68. The fourth-order valence-corrected chi connectivity index (χ4v) is 2.91. The molecule has 25 heavy (non-hydrogen) atoms. The minimum absolute atomic E-state index is 0.0206. The Hall–Kier alpha value is -2.95. The molecule has 0 atom stereocenters. The van der Waals surface area contributed by atoms with E-state index in [9.17, 15) is 9.90 Å². The first-order chi connectivity index (χ1) is 12.2. The lowest BCUT2D eigenvalue weighted by Gasteiger charge is -2.36. The van der Waals surface area contributed by atoms with Crippen molar-refractivity contribution in [2.75, 3.05) is 37.7 Å². The molecule has 2 aromatic carbocycles. The molecule has 1 N–H and O–H groups in total. The van der Waals surface area contributed by atoms with Crippen LogP contribution in [0.5, 0.6) is 11.5 Å². The Morgan fingerprint density at radius 1 is 1.08 bits per heavy atom. The zero-order chi connectivity index (χ0) is 17.6. The number of hydrogen-bond acceptors (Lipinski definition) is 4. The highest BCUT2D eigenvalue weighted by molar-refractivity contribution is 5.94. The van der Waals surface area contributed by atoms with Crippen LogP contribution < -0.4 is 9.64 Å². The Balaban J connectivity index is 1.60. The summed E-state index contributed by atoms with van der Waals surface area (Å²) >= 11 is 0. The van der Waals surface area contributed by atoms with Crippen LogP contribution in [0, 0.1) is 0 Å². The summed E-state index contributed by atoms with van der Waals surface area (Å²) in [7, 11) is 0. The lowest BCUT2D eigenvalue weighted by atomic mass is 10.1. The van der Waals surface area contributed by atoms with Gasteiger partial charge in [-0.05, 0) is 36.4 Å². The molecule has 2 aromatic rings. The number of carbonyl (C=O) groups is 1. The van der Waals surface area contributed by atoms with Crippen LogP contribution in [-0.4, -0.2) is 48.7 Å². The van der Waals surface area contributed by atoms with Crippen molar-refractivity contribution >= 4 is 11.6 Å². The number of phenolic OH excluding ortho intramolecular Hbond substituents is 1. The molecule has 0 aliphatic carbocycles. The average molecular weight is 338 g/mol. The molecule has 1 heterocycles. The van der Waals surface area contributed by atoms with Crippen molar-refractivity contribution < 1.29 is 14.6 Å². The van der Waals surface area contributed by atoms with Crippen molar-refractivity contribution in [3.8, 4) is 11.5 Å². The molecule has 5 heteroatoms. The average Bonchev–Trinajstić information content (AvgIpc) is 2.67. The number of ether oxygens (including phenoxy) is 1. The van der Waals surface area contributed by atoms with Crippen LogP contribution in [0.4, 0.5) is 5.69 Å². The first-order valence-electron chi connectivity index (χ1n) is 8.35. The van der Waals surface area contributed by atoms with Gasteiger partial charge in [-0.3, -0.25) is 4.79 Å². The van der Waals surface area contributed by atoms with Gasteiger partial charge in [0.05, 0.1) is 5.69 Å². The first kappa shape index (κ1) is 16.9. The molecule has 5 nitrogen and oxygen atoms in total. The van der Waals surface area contributed by atoms with E-state index in [0.29, 0.717) is 38.3 Å². The Morgan fingerprint density at radius 3 is 2.40 bits per heavy atom. The summed E-state index contributed by atoms with van der Waals surface area (Å²) < 4.78 is 5.44. The van der Waals surface area contributed by atoms with Gasteiger partial charge in [-0.1, -0.05) is 24.8 Å². The number of hydrogen-bond donors (Lipinski definition) is 1. The molecular formula is C20H22N2O3. The molecule has 1 fully saturated rings. The molecule has 0 radical (unpaired) electrons. The third-order valence-corrected chi connectivity index (χ3v) is 4.26. The molecule has 0 aromatic heterocycles. The Kier molecular flexibility index (Phi) is 5.23. The lowest BCUT2D eigenvalue weighted by Crippen LogP contribution is -2.48. The fourth-order valence-electron chi connectivity index (χ4n) is 2.91. The molecule has 130 valence electrons. The quantitative estimate of drug-likeness (QED) is 0.852. The van der Waals surface area contributed by atoms with E-state index in [-0.39, 0.29) is 11.7 Å². The van der Waals surface area contributed by atoms with Gasteiger partial charge in [-0.15, -0.1) is 0 Å². The third kappa shape index (κ3) is 3.94. The zero-order valence-corrected chi connectivity index (χ0v) is 14.1. The number of piperazine rings is 1. The van der Waals surface area contributed by atoms with Crippen LogP contribution in [0.25, 0.3) is 0 Å². The maximum absolute atomic E-state index is 12.6. The Bertz CT molecular complexity index is 735. The molecule has 0 bridgehead atoms. The molecule has 0 unspecified atom stereocenters. The van der Waals surface area contributed by atoms with E-state index in [1.54, 1.807) is 42.5 Å². The van der Waals surface area contributed by atoms with Crippen LogP contribution >= 0.6 is 0 Å². The van der Waals surface area contributed by atoms with E-state index < -0.39 is 0 Å². The Morgan fingerprint density at radius 2 is 1.76 bits per heavy atom. The smallest absolute Gasteiger partial charge is 0.253 e. The first-order valence-corrected chi connectivity index (χ1v) is 8.35. The summed E-state index contributed by atoms with van der Waals surface area (Å²) in [5, 5.41) is 9.96. The second kappa shape index (κ2) is 7.75. The van der Waals surface area contributed by atoms with E-state index in [1.165, 1.54) is 0 Å². The predicted molar refractivity (Wildman–Crippen MR) is 98.4 cm³/mol. The van der Waals surface area contributed by atoms with Crippen molar-refractivity contribution in [3.05, 3.63) is 66.7 Å². The van der Waals surface area contributed by atoms with Gasteiger partial charge in [0.25, 0.3) is 5.91 Å². The summed E-state index contributed by atoms with van der Waals surface area (Å²) in [5.74, 6) is 1.02.